The smallest absolute Gasteiger partial charge is 0.165 e. The van der Waals surface area contributed by atoms with Crippen molar-refractivity contribution in [1.29, 1.82) is 0 Å². The van der Waals surface area contributed by atoms with Gasteiger partial charge in [-0.25, -0.2) is 0 Å². The maximum absolute atomic E-state index is 12.8. The molecule has 0 bridgehead atoms. The van der Waals surface area contributed by atoms with Crippen molar-refractivity contribution in [1.82, 2.24) is 0 Å². The Morgan fingerprint density at radius 2 is 1.74 bits per heavy atom. The molecule has 0 fully saturated rings. The molecule has 1 atom stereocenters. The second-order valence-corrected chi connectivity index (χ2v) is 6.91. The molecule has 1 unspecified atom stereocenters. The van der Waals surface area contributed by atoms with E-state index in [4.69, 9.17) is 16.3 Å². The summed E-state index contributed by atoms with van der Waals surface area (Å²) in [6, 6.07) is 22.8. The average Bonchev–Trinajstić information content (AvgIpc) is 2.68. The molecule has 0 saturated carbocycles. The van der Waals surface area contributed by atoms with Crippen molar-refractivity contribution in [2.24, 2.45) is 0 Å². The number of methoxy groups -OCH3 is 1. The highest BCUT2D eigenvalue weighted by atomic mass is 35.5. The number of anilines is 1. The molecule has 4 heteroatoms. The Kier molecular flexibility index (Phi) is 6.15. The Morgan fingerprint density at radius 3 is 2.37 bits per heavy atom. The normalized spacial score (nSPS) is 11.7. The van der Waals surface area contributed by atoms with Crippen LogP contribution in [0.25, 0.3) is 0 Å². The van der Waals surface area contributed by atoms with Gasteiger partial charge >= 0.3 is 0 Å². The zero-order valence-corrected chi connectivity index (χ0v) is 16.2. The Labute approximate surface area is 164 Å². The van der Waals surface area contributed by atoms with E-state index in [1.54, 1.807) is 31.4 Å². The summed E-state index contributed by atoms with van der Waals surface area (Å²) in [6.07, 6.45) is 0.335. The van der Waals surface area contributed by atoms with E-state index in [1.807, 2.05) is 49.4 Å². The molecular weight excluding hydrogens is 358 g/mol. The zero-order valence-electron chi connectivity index (χ0n) is 15.4. The summed E-state index contributed by atoms with van der Waals surface area (Å²) in [5, 5.41) is 4.12. The van der Waals surface area contributed by atoms with Crippen LogP contribution in [0.3, 0.4) is 0 Å². The molecule has 3 aromatic carbocycles. The van der Waals surface area contributed by atoms with Crippen LogP contribution in [0.5, 0.6) is 5.75 Å². The van der Waals surface area contributed by atoms with Crippen LogP contribution in [0.15, 0.2) is 72.8 Å². The molecule has 138 valence electrons. The monoisotopic (exact) mass is 379 g/mol. The third kappa shape index (κ3) is 5.11. The number of rotatable bonds is 7. The highest BCUT2D eigenvalue weighted by molar-refractivity contribution is 6.30. The lowest BCUT2D eigenvalue weighted by atomic mass is 9.97. The van der Waals surface area contributed by atoms with Crippen molar-refractivity contribution in [2.75, 3.05) is 12.4 Å². The molecule has 3 aromatic rings. The number of ether oxygens (including phenoxy) is 1. The summed E-state index contributed by atoms with van der Waals surface area (Å²) in [7, 11) is 1.64. The first-order valence-corrected chi connectivity index (χ1v) is 9.19. The molecule has 0 aliphatic rings. The molecule has 0 amide bonds. The van der Waals surface area contributed by atoms with Gasteiger partial charge in [0.1, 0.15) is 5.75 Å². The lowest BCUT2D eigenvalue weighted by Crippen LogP contribution is -2.16. The molecule has 3 rings (SSSR count). The van der Waals surface area contributed by atoms with Gasteiger partial charge in [-0.2, -0.15) is 0 Å². The molecule has 0 saturated heterocycles. The van der Waals surface area contributed by atoms with Gasteiger partial charge in [0, 0.05) is 22.7 Å². The molecule has 0 spiro atoms. The highest BCUT2D eigenvalue weighted by Gasteiger charge is 2.18. The number of halogens is 1. The molecule has 27 heavy (non-hydrogen) atoms. The van der Waals surface area contributed by atoms with Gasteiger partial charge in [0.15, 0.2) is 5.78 Å². The minimum atomic E-state index is -0.152. The summed E-state index contributed by atoms with van der Waals surface area (Å²) in [6.45, 7) is 2.05. The van der Waals surface area contributed by atoms with E-state index in [-0.39, 0.29) is 11.8 Å². The summed E-state index contributed by atoms with van der Waals surface area (Å²) >= 11 is 5.93. The first-order valence-electron chi connectivity index (χ1n) is 8.81. The van der Waals surface area contributed by atoms with E-state index >= 15 is 0 Å². The Balaban J connectivity index is 1.85. The van der Waals surface area contributed by atoms with Crippen LogP contribution in [0.1, 0.15) is 33.9 Å². The molecule has 0 heterocycles. The van der Waals surface area contributed by atoms with Gasteiger partial charge in [-0.3, -0.25) is 4.79 Å². The van der Waals surface area contributed by atoms with E-state index in [0.29, 0.717) is 17.0 Å². The van der Waals surface area contributed by atoms with Crippen LogP contribution in [0, 0.1) is 6.92 Å². The molecule has 0 aromatic heterocycles. The third-order valence-corrected chi connectivity index (χ3v) is 4.68. The van der Waals surface area contributed by atoms with Crippen molar-refractivity contribution < 1.29 is 9.53 Å². The predicted molar refractivity (Wildman–Crippen MR) is 111 cm³/mol. The van der Waals surface area contributed by atoms with Crippen molar-refractivity contribution in [3.05, 3.63) is 94.5 Å². The van der Waals surface area contributed by atoms with Crippen LogP contribution in [0.4, 0.5) is 5.69 Å². The minimum Gasteiger partial charge on any atom is -0.497 e. The maximum atomic E-state index is 12.8. The van der Waals surface area contributed by atoms with Gasteiger partial charge in [0.05, 0.1) is 13.2 Å². The Morgan fingerprint density at radius 1 is 1.04 bits per heavy atom. The van der Waals surface area contributed by atoms with E-state index in [1.165, 1.54) is 0 Å². The minimum absolute atomic E-state index is 0.0626. The summed E-state index contributed by atoms with van der Waals surface area (Å²) in [5.41, 5.74) is 3.83. The molecule has 1 N–H and O–H groups in total. The van der Waals surface area contributed by atoms with Gasteiger partial charge in [-0.05, 0) is 66.6 Å². The van der Waals surface area contributed by atoms with Crippen LogP contribution >= 0.6 is 11.6 Å². The first kappa shape index (κ1) is 19.0. The second-order valence-electron chi connectivity index (χ2n) is 6.47. The largest absolute Gasteiger partial charge is 0.497 e. The number of hydrogen-bond donors (Lipinski definition) is 1. The molecule has 0 aliphatic heterocycles. The van der Waals surface area contributed by atoms with Crippen molar-refractivity contribution in [3.63, 3.8) is 0 Å². The van der Waals surface area contributed by atoms with Gasteiger partial charge in [0.25, 0.3) is 0 Å². The van der Waals surface area contributed by atoms with Gasteiger partial charge < -0.3 is 10.1 Å². The van der Waals surface area contributed by atoms with E-state index in [9.17, 15) is 4.79 Å². The number of hydrogen-bond acceptors (Lipinski definition) is 3. The summed E-state index contributed by atoms with van der Waals surface area (Å²) in [4.78, 5) is 12.8. The van der Waals surface area contributed by atoms with Crippen LogP contribution in [-0.2, 0) is 0 Å². The number of carbonyl (C=O) groups is 1. The van der Waals surface area contributed by atoms with Crippen LogP contribution in [-0.4, -0.2) is 12.9 Å². The molecule has 0 aliphatic carbocycles. The van der Waals surface area contributed by atoms with Gasteiger partial charge in [-0.15, -0.1) is 0 Å². The van der Waals surface area contributed by atoms with Gasteiger partial charge in [0.2, 0.25) is 0 Å². The second kappa shape index (κ2) is 8.74. The van der Waals surface area contributed by atoms with Crippen molar-refractivity contribution in [2.45, 2.75) is 19.4 Å². The Bertz CT molecular complexity index is 904. The SMILES string of the molecule is COc1ccc(C(CC(=O)c2ccc(Cl)cc2)Nc2cccc(C)c2)cc1. The maximum Gasteiger partial charge on any atom is 0.165 e. The number of ketones is 1. The van der Waals surface area contributed by atoms with Crippen LogP contribution < -0.4 is 10.1 Å². The van der Waals surface area contributed by atoms with Gasteiger partial charge in [-0.1, -0.05) is 35.9 Å². The third-order valence-electron chi connectivity index (χ3n) is 4.43. The van der Waals surface area contributed by atoms with Crippen LogP contribution in [0.2, 0.25) is 5.02 Å². The number of nitrogens with one attached hydrogen (secondary N) is 1. The standard InChI is InChI=1S/C23H22ClNO2/c1-16-4-3-5-20(14-16)25-22(17-8-12-21(27-2)13-9-17)15-23(26)18-6-10-19(24)11-7-18/h3-14,22,25H,15H2,1-2H3. The fraction of sp³-hybridized carbons (Fsp3) is 0.174. The molecule has 0 radical (unpaired) electrons. The van der Waals surface area contributed by atoms with Crippen molar-refractivity contribution >= 4 is 23.1 Å². The lowest BCUT2D eigenvalue weighted by molar-refractivity contribution is 0.0976. The van der Waals surface area contributed by atoms with E-state index < -0.39 is 0 Å². The molecular formula is C23H22ClNO2. The number of benzene rings is 3. The fourth-order valence-corrected chi connectivity index (χ4v) is 3.09. The van der Waals surface area contributed by atoms with Crippen molar-refractivity contribution in [3.8, 4) is 5.75 Å². The van der Waals surface area contributed by atoms with E-state index in [2.05, 4.69) is 11.4 Å². The fourth-order valence-electron chi connectivity index (χ4n) is 2.96. The predicted octanol–water partition coefficient (Wildman–Crippen LogP) is 6.08. The Hall–Kier alpha value is -2.78. The zero-order chi connectivity index (χ0) is 19.2. The lowest BCUT2D eigenvalue weighted by Gasteiger charge is -2.21. The summed E-state index contributed by atoms with van der Waals surface area (Å²) in [5.74, 6) is 0.852. The number of aryl methyl sites for hydroxylation is 1. The number of Topliss-reactive ketones (excluding diaryl/α,β-unsaturated/α-hetero) is 1. The quantitative estimate of drug-likeness (QED) is 0.505. The first-order chi connectivity index (χ1) is 13.0. The molecule has 3 nitrogen and oxygen atoms in total. The van der Waals surface area contributed by atoms with E-state index in [0.717, 1.165) is 22.6 Å². The number of carbonyl (C=O) groups excluding carboxylic acids is 1. The highest BCUT2D eigenvalue weighted by Crippen LogP contribution is 2.27. The average molecular weight is 380 g/mol. The topological polar surface area (TPSA) is 38.3 Å². The summed E-state index contributed by atoms with van der Waals surface area (Å²) < 4.78 is 5.24.